The molecule has 358 valence electrons. The fourth-order valence-corrected chi connectivity index (χ4v) is 11.1. The first kappa shape index (κ1) is 49.8. The molecule has 0 saturated carbocycles. The Hall–Kier alpha value is -3.67. The molecule has 6 heterocycles. The third-order valence-corrected chi connectivity index (χ3v) is 15.0. The number of imidazole rings is 1. The van der Waals surface area contributed by atoms with E-state index in [9.17, 15) is 19.5 Å². The van der Waals surface area contributed by atoms with Gasteiger partial charge in [-0.05, 0) is 89.2 Å². The van der Waals surface area contributed by atoms with E-state index in [1.54, 1.807) is 19.1 Å². The molecule has 0 bridgehead atoms. The number of aliphatic hydroxyl groups is 1. The summed E-state index contributed by atoms with van der Waals surface area (Å²) >= 11 is 0. The number of ether oxygens (including phenoxy) is 8. The molecular weight excluding hydrogens is 827 g/mol. The first-order valence-electron chi connectivity index (χ1n) is 23.7. The van der Waals surface area contributed by atoms with E-state index in [0.29, 0.717) is 64.2 Å². The number of primary amides is 1. The van der Waals surface area contributed by atoms with Crippen LogP contribution in [0.15, 0.2) is 43.5 Å². The SMILES string of the molecule is C=CCOC(=O)[C@H](CC)[C@H]1CCC[C@H]([C@@H](C)[C@H](OC(=O)n2ccnc2)[C@H](C)C(=O)[C@H](CC)[C@H]2O[C@]3(C=C[C@@H](OC(N)=O)[C@]4(CCC([C@H]5CC[C@](O)(CC)[C@H](C)O5)O4)O3)[C@H](C)C[C@@H]2C)O1. The number of nitrogens with two attached hydrogens (primary N) is 1. The highest BCUT2D eigenvalue weighted by molar-refractivity contribution is 5.85. The van der Waals surface area contributed by atoms with Crippen LogP contribution in [0, 0.1) is 35.5 Å². The summed E-state index contributed by atoms with van der Waals surface area (Å²) in [6.45, 7) is 19.3. The van der Waals surface area contributed by atoms with E-state index < -0.39 is 95.8 Å². The fourth-order valence-electron chi connectivity index (χ4n) is 11.1. The molecule has 1 amide bonds. The van der Waals surface area contributed by atoms with Crippen LogP contribution in [-0.2, 0) is 47.5 Å². The van der Waals surface area contributed by atoms with Crippen LogP contribution < -0.4 is 5.73 Å². The molecule has 4 saturated heterocycles. The number of carbonyl (C=O) groups is 4. The maximum Gasteiger partial charge on any atom is 0.419 e. The van der Waals surface area contributed by atoms with Gasteiger partial charge in [-0.2, -0.15) is 0 Å². The summed E-state index contributed by atoms with van der Waals surface area (Å²) < 4.78 is 52.5. The molecule has 1 unspecified atom stereocenters. The van der Waals surface area contributed by atoms with Crippen molar-refractivity contribution in [1.29, 1.82) is 0 Å². The van der Waals surface area contributed by atoms with Gasteiger partial charge in [-0.15, -0.1) is 0 Å². The van der Waals surface area contributed by atoms with Gasteiger partial charge in [0.2, 0.25) is 5.79 Å². The first-order chi connectivity index (χ1) is 30.4. The van der Waals surface area contributed by atoms with E-state index in [4.69, 9.17) is 43.6 Å². The van der Waals surface area contributed by atoms with E-state index in [1.165, 1.54) is 29.4 Å². The van der Waals surface area contributed by atoms with Crippen molar-refractivity contribution in [1.82, 2.24) is 9.55 Å². The maximum atomic E-state index is 15.1. The zero-order valence-electron chi connectivity index (χ0n) is 39.1. The molecule has 16 heteroatoms. The number of esters is 1. The lowest BCUT2D eigenvalue weighted by Gasteiger charge is -2.54. The Kier molecular flexibility index (Phi) is 16.2. The first-order valence-corrected chi connectivity index (χ1v) is 23.7. The molecule has 5 aliphatic heterocycles. The van der Waals surface area contributed by atoms with Crippen LogP contribution in [0.25, 0.3) is 0 Å². The molecule has 0 aromatic carbocycles. The summed E-state index contributed by atoms with van der Waals surface area (Å²) in [4.78, 5) is 58.1. The van der Waals surface area contributed by atoms with Gasteiger partial charge in [0.1, 0.15) is 24.8 Å². The number of aromatic nitrogens is 2. The fraction of sp³-hybridized carbons (Fsp3) is 0.771. The van der Waals surface area contributed by atoms with Crippen molar-refractivity contribution < 1.29 is 62.2 Å². The van der Waals surface area contributed by atoms with E-state index in [1.807, 2.05) is 41.5 Å². The second-order valence-electron chi connectivity index (χ2n) is 19.0. The topological polar surface area (TPSA) is 206 Å². The average Bonchev–Trinajstić information content (AvgIpc) is 3.98. The normalized spacial score (nSPS) is 37.5. The van der Waals surface area contributed by atoms with Crippen LogP contribution in [0.1, 0.15) is 126 Å². The van der Waals surface area contributed by atoms with Crippen LogP contribution in [0.3, 0.4) is 0 Å². The number of rotatable bonds is 16. The molecule has 1 aromatic heterocycles. The highest BCUT2D eigenvalue weighted by Gasteiger charge is 2.61. The molecule has 5 aliphatic rings. The molecule has 6 rings (SSSR count). The molecule has 2 spiro atoms. The van der Waals surface area contributed by atoms with Gasteiger partial charge in [-0.1, -0.05) is 61.1 Å². The number of Topliss-reactive ketones (excluding diaryl/α,β-unsaturated/α-hetero) is 1. The number of hydrogen-bond acceptors (Lipinski definition) is 14. The Balaban J connectivity index is 1.24. The maximum absolute atomic E-state index is 15.1. The molecule has 16 nitrogen and oxygen atoms in total. The molecule has 0 aliphatic carbocycles. The van der Waals surface area contributed by atoms with Crippen molar-refractivity contribution in [2.75, 3.05) is 6.61 Å². The molecule has 64 heavy (non-hydrogen) atoms. The standard InChI is InChI=1S/C48H73N3O13/c1-10-25-57-43(53)33(11-2)36-16-14-15-35(59-36)30(7)42(61-45(55)51-24-23-50-27-51)31(8)40(52)34(12-3)41-28(5)26-29(6)47(63-41)22-19-39(60-44(49)54)48(64-47)21-18-38(62-48)37-17-20-46(56,13-4)32(9)58-37/h10,19,22-24,27-39,41-42,56H,1,11-18,20-21,25-26H2,2-9H3,(H2,49,54)/t28-,29+,30+,31+,32-,33+,34-,35+,36+,37+,38?,39+,41-,42-,46+,47-,48-/m0/s1. The zero-order chi connectivity index (χ0) is 46.6. The minimum absolute atomic E-state index is 0.0837. The lowest BCUT2D eigenvalue weighted by molar-refractivity contribution is -0.400. The highest BCUT2D eigenvalue weighted by Crippen LogP contribution is 2.52. The number of nitrogens with zero attached hydrogens (tertiary/aromatic N) is 2. The van der Waals surface area contributed by atoms with Gasteiger partial charge in [0, 0.05) is 36.6 Å². The lowest BCUT2D eigenvalue weighted by Crippen LogP contribution is -2.63. The molecule has 3 N–H and O–H groups in total. The van der Waals surface area contributed by atoms with Crippen LogP contribution in [0.2, 0.25) is 0 Å². The summed E-state index contributed by atoms with van der Waals surface area (Å²) in [5, 5.41) is 11.1. The number of hydrogen-bond donors (Lipinski definition) is 2. The smallest absolute Gasteiger partial charge is 0.419 e. The number of ketones is 1. The Morgan fingerprint density at radius 1 is 0.984 bits per heavy atom. The van der Waals surface area contributed by atoms with Gasteiger partial charge >= 0.3 is 18.2 Å². The molecular formula is C48H73N3O13. The molecule has 1 aromatic rings. The summed E-state index contributed by atoms with van der Waals surface area (Å²) in [5.41, 5.74) is 4.66. The molecule has 4 fully saturated rings. The lowest BCUT2D eigenvalue weighted by atomic mass is 9.73. The van der Waals surface area contributed by atoms with Gasteiger partial charge in [-0.25, -0.2) is 19.1 Å². The number of carbonyl (C=O) groups excluding carboxylic acids is 4. The predicted molar refractivity (Wildman–Crippen MR) is 233 cm³/mol. The van der Waals surface area contributed by atoms with Crippen LogP contribution in [0.4, 0.5) is 9.59 Å². The summed E-state index contributed by atoms with van der Waals surface area (Å²) in [5.74, 6) is -5.96. The second-order valence-corrected chi connectivity index (χ2v) is 19.0. The van der Waals surface area contributed by atoms with Crippen molar-refractivity contribution >= 4 is 23.9 Å². The third-order valence-electron chi connectivity index (χ3n) is 15.0. The van der Waals surface area contributed by atoms with Crippen LogP contribution in [0.5, 0.6) is 0 Å². The Morgan fingerprint density at radius 2 is 1.70 bits per heavy atom. The summed E-state index contributed by atoms with van der Waals surface area (Å²) in [6.07, 6.45) is 9.46. The van der Waals surface area contributed by atoms with Crippen molar-refractivity contribution in [2.24, 2.45) is 41.2 Å². The van der Waals surface area contributed by atoms with Gasteiger partial charge < -0.3 is 48.7 Å². The van der Waals surface area contributed by atoms with Crippen molar-refractivity contribution in [3.05, 3.63) is 43.5 Å². The minimum atomic E-state index is -1.46. The van der Waals surface area contributed by atoms with E-state index in [-0.39, 0.29) is 36.3 Å². The monoisotopic (exact) mass is 900 g/mol. The largest absolute Gasteiger partial charge is 0.461 e. The zero-order valence-corrected chi connectivity index (χ0v) is 39.1. The van der Waals surface area contributed by atoms with Gasteiger partial charge in [0.15, 0.2) is 11.9 Å². The second kappa shape index (κ2) is 20.9. The Morgan fingerprint density at radius 3 is 2.34 bits per heavy atom. The van der Waals surface area contributed by atoms with Crippen molar-refractivity contribution in [3.8, 4) is 0 Å². The molecule has 17 atom stereocenters. The third kappa shape index (κ3) is 10.3. The number of amides is 1. The van der Waals surface area contributed by atoms with Crippen molar-refractivity contribution in [3.63, 3.8) is 0 Å². The predicted octanol–water partition coefficient (Wildman–Crippen LogP) is 7.19. The quantitative estimate of drug-likeness (QED) is 0.0958. The van der Waals surface area contributed by atoms with Gasteiger partial charge in [0.25, 0.3) is 0 Å². The highest BCUT2D eigenvalue weighted by atomic mass is 16.8. The van der Waals surface area contributed by atoms with E-state index in [0.717, 1.165) is 6.42 Å². The van der Waals surface area contributed by atoms with E-state index in [2.05, 4.69) is 18.5 Å². The average molecular weight is 900 g/mol. The summed E-state index contributed by atoms with van der Waals surface area (Å²) in [7, 11) is 0. The van der Waals surface area contributed by atoms with Gasteiger partial charge in [0.05, 0.1) is 54.1 Å². The molecule has 0 radical (unpaired) electrons. The van der Waals surface area contributed by atoms with Crippen LogP contribution >= 0.6 is 0 Å². The van der Waals surface area contributed by atoms with E-state index >= 15 is 4.79 Å². The Labute approximate surface area is 378 Å². The van der Waals surface area contributed by atoms with Crippen LogP contribution in [-0.4, -0.2) is 111 Å². The van der Waals surface area contributed by atoms with Gasteiger partial charge in [-0.3, -0.25) is 9.59 Å². The summed E-state index contributed by atoms with van der Waals surface area (Å²) in [6, 6.07) is 0. The Bertz CT molecular complexity index is 1810. The van der Waals surface area contributed by atoms with Crippen molar-refractivity contribution in [2.45, 2.75) is 192 Å². The minimum Gasteiger partial charge on any atom is -0.461 e.